The quantitative estimate of drug-likeness (QED) is 0.596. The van der Waals surface area contributed by atoms with Crippen molar-refractivity contribution in [2.75, 3.05) is 19.0 Å². The van der Waals surface area contributed by atoms with Crippen LogP contribution in [0.1, 0.15) is 43.5 Å². The van der Waals surface area contributed by atoms with Gasteiger partial charge in [-0.05, 0) is 24.5 Å². The molecule has 0 aliphatic rings. The van der Waals surface area contributed by atoms with Crippen molar-refractivity contribution in [2.24, 2.45) is 5.92 Å². The molecule has 0 bridgehead atoms. The Morgan fingerprint density at radius 1 is 1.44 bits per heavy atom. The van der Waals surface area contributed by atoms with Crippen molar-refractivity contribution >= 4 is 11.8 Å². The van der Waals surface area contributed by atoms with Gasteiger partial charge in [-0.1, -0.05) is 26.7 Å². The molecule has 0 atom stereocenters. The molecule has 100 valence electrons. The van der Waals surface area contributed by atoms with E-state index < -0.39 is 0 Å². The maximum absolute atomic E-state index is 11.3. The van der Waals surface area contributed by atoms with Crippen LogP contribution in [-0.2, 0) is 4.74 Å². The predicted molar refractivity (Wildman–Crippen MR) is 72.8 cm³/mol. The molecule has 0 radical (unpaired) electrons. The summed E-state index contributed by atoms with van der Waals surface area (Å²) in [5, 5.41) is 3.22. The van der Waals surface area contributed by atoms with Gasteiger partial charge in [0.1, 0.15) is 5.82 Å². The molecular formula is C14H22N2O2. The van der Waals surface area contributed by atoms with Crippen LogP contribution in [0.15, 0.2) is 18.3 Å². The van der Waals surface area contributed by atoms with Crippen LogP contribution in [-0.4, -0.2) is 24.6 Å². The van der Waals surface area contributed by atoms with Gasteiger partial charge in [-0.15, -0.1) is 0 Å². The number of nitrogens with zero attached hydrogens (tertiary/aromatic N) is 1. The van der Waals surface area contributed by atoms with Crippen LogP contribution < -0.4 is 5.32 Å². The molecule has 0 amide bonds. The first kappa shape index (κ1) is 14.5. The molecule has 0 aliphatic carbocycles. The van der Waals surface area contributed by atoms with E-state index >= 15 is 0 Å². The Bertz CT molecular complexity index is 378. The Morgan fingerprint density at radius 3 is 2.89 bits per heavy atom. The smallest absolute Gasteiger partial charge is 0.338 e. The average molecular weight is 250 g/mol. The SMILES string of the molecule is COC(=O)c1ccnc(NCCCCC(C)C)c1. The van der Waals surface area contributed by atoms with Gasteiger partial charge in [-0.2, -0.15) is 0 Å². The molecule has 18 heavy (non-hydrogen) atoms. The first-order valence-corrected chi connectivity index (χ1v) is 6.41. The van der Waals surface area contributed by atoms with Gasteiger partial charge in [0.05, 0.1) is 12.7 Å². The second-order valence-corrected chi connectivity index (χ2v) is 4.74. The number of aromatic nitrogens is 1. The molecule has 4 nitrogen and oxygen atoms in total. The Morgan fingerprint density at radius 2 is 2.22 bits per heavy atom. The third-order valence-corrected chi connectivity index (χ3v) is 2.70. The highest BCUT2D eigenvalue weighted by molar-refractivity contribution is 5.89. The lowest BCUT2D eigenvalue weighted by molar-refractivity contribution is 0.0600. The second-order valence-electron chi connectivity index (χ2n) is 4.74. The van der Waals surface area contributed by atoms with Crippen LogP contribution in [0.2, 0.25) is 0 Å². The van der Waals surface area contributed by atoms with Crippen molar-refractivity contribution in [1.29, 1.82) is 0 Å². The Hall–Kier alpha value is -1.58. The summed E-state index contributed by atoms with van der Waals surface area (Å²) < 4.78 is 4.67. The zero-order valence-electron chi connectivity index (χ0n) is 11.4. The number of pyridine rings is 1. The molecule has 1 rings (SSSR count). The molecule has 1 aromatic heterocycles. The number of rotatable bonds is 7. The first-order chi connectivity index (χ1) is 8.63. The van der Waals surface area contributed by atoms with Gasteiger partial charge < -0.3 is 10.1 Å². The van der Waals surface area contributed by atoms with Crippen LogP contribution in [0.4, 0.5) is 5.82 Å². The molecule has 1 N–H and O–H groups in total. The number of esters is 1. The summed E-state index contributed by atoms with van der Waals surface area (Å²) in [6.45, 7) is 5.34. The van der Waals surface area contributed by atoms with E-state index in [1.807, 2.05) is 0 Å². The van der Waals surface area contributed by atoms with Gasteiger partial charge in [0.2, 0.25) is 0 Å². The summed E-state index contributed by atoms with van der Waals surface area (Å²) in [4.78, 5) is 15.5. The summed E-state index contributed by atoms with van der Waals surface area (Å²) in [6.07, 6.45) is 5.18. The van der Waals surface area contributed by atoms with E-state index in [1.54, 1.807) is 18.3 Å². The summed E-state index contributed by atoms with van der Waals surface area (Å²) >= 11 is 0. The molecule has 0 unspecified atom stereocenters. The first-order valence-electron chi connectivity index (χ1n) is 6.41. The molecule has 1 heterocycles. The predicted octanol–water partition coefficient (Wildman–Crippen LogP) is 3.11. The van der Waals surface area contributed by atoms with Crippen LogP contribution >= 0.6 is 0 Å². The van der Waals surface area contributed by atoms with Crippen molar-refractivity contribution in [3.05, 3.63) is 23.9 Å². The number of carbonyl (C=O) groups excluding carboxylic acids is 1. The molecule has 0 saturated carbocycles. The fourth-order valence-electron chi connectivity index (χ4n) is 1.67. The lowest BCUT2D eigenvalue weighted by Gasteiger charge is -2.07. The number of anilines is 1. The summed E-state index contributed by atoms with van der Waals surface area (Å²) in [5.41, 5.74) is 0.525. The van der Waals surface area contributed by atoms with Gasteiger partial charge in [0.25, 0.3) is 0 Å². The zero-order chi connectivity index (χ0) is 13.4. The van der Waals surface area contributed by atoms with E-state index in [1.165, 1.54) is 20.0 Å². The van der Waals surface area contributed by atoms with E-state index in [9.17, 15) is 4.79 Å². The molecule has 0 aromatic carbocycles. The molecule has 0 saturated heterocycles. The largest absolute Gasteiger partial charge is 0.465 e. The van der Waals surface area contributed by atoms with Gasteiger partial charge in [-0.3, -0.25) is 0 Å². The van der Waals surface area contributed by atoms with Crippen molar-refractivity contribution in [3.8, 4) is 0 Å². The molecule has 0 fully saturated rings. The number of carbonyl (C=O) groups is 1. The Kier molecular flexibility index (Phi) is 6.19. The lowest BCUT2D eigenvalue weighted by Crippen LogP contribution is -2.06. The van der Waals surface area contributed by atoms with Crippen LogP contribution in [0, 0.1) is 5.92 Å². The van der Waals surface area contributed by atoms with Gasteiger partial charge in [0.15, 0.2) is 0 Å². The minimum Gasteiger partial charge on any atom is -0.465 e. The fourth-order valence-corrected chi connectivity index (χ4v) is 1.67. The number of methoxy groups -OCH3 is 1. The summed E-state index contributed by atoms with van der Waals surface area (Å²) in [7, 11) is 1.38. The van der Waals surface area contributed by atoms with Crippen molar-refractivity contribution in [2.45, 2.75) is 33.1 Å². The lowest BCUT2D eigenvalue weighted by atomic mass is 10.1. The van der Waals surface area contributed by atoms with Crippen LogP contribution in [0.3, 0.4) is 0 Å². The highest BCUT2D eigenvalue weighted by Crippen LogP contribution is 2.09. The monoisotopic (exact) mass is 250 g/mol. The average Bonchev–Trinajstić information content (AvgIpc) is 2.37. The summed E-state index contributed by atoms with van der Waals surface area (Å²) in [6, 6.07) is 3.37. The Labute approximate surface area is 109 Å². The molecule has 1 aromatic rings. The second kappa shape index (κ2) is 7.69. The van der Waals surface area contributed by atoms with Crippen molar-refractivity contribution in [1.82, 2.24) is 4.98 Å². The van der Waals surface area contributed by atoms with E-state index in [2.05, 4.69) is 28.9 Å². The van der Waals surface area contributed by atoms with Crippen LogP contribution in [0.25, 0.3) is 0 Å². The van der Waals surface area contributed by atoms with Crippen LogP contribution in [0.5, 0.6) is 0 Å². The maximum Gasteiger partial charge on any atom is 0.338 e. The number of ether oxygens (including phenoxy) is 1. The molecule has 4 heteroatoms. The van der Waals surface area contributed by atoms with Gasteiger partial charge in [0, 0.05) is 12.7 Å². The third-order valence-electron chi connectivity index (χ3n) is 2.70. The summed E-state index contributed by atoms with van der Waals surface area (Å²) in [5.74, 6) is 1.15. The zero-order valence-corrected chi connectivity index (χ0v) is 11.4. The maximum atomic E-state index is 11.3. The number of nitrogens with one attached hydrogen (secondary N) is 1. The highest BCUT2D eigenvalue weighted by atomic mass is 16.5. The number of hydrogen-bond acceptors (Lipinski definition) is 4. The Balaban J connectivity index is 2.36. The molecule has 0 aliphatic heterocycles. The number of hydrogen-bond donors (Lipinski definition) is 1. The van der Waals surface area contributed by atoms with Crippen molar-refractivity contribution in [3.63, 3.8) is 0 Å². The van der Waals surface area contributed by atoms with Crippen molar-refractivity contribution < 1.29 is 9.53 Å². The molecular weight excluding hydrogens is 228 g/mol. The van der Waals surface area contributed by atoms with E-state index in [4.69, 9.17) is 0 Å². The minimum atomic E-state index is -0.333. The highest BCUT2D eigenvalue weighted by Gasteiger charge is 2.05. The number of unbranched alkanes of at least 4 members (excludes halogenated alkanes) is 1. The third kappa shape index (κ3) is 5.17. The topological polar surface area (TPSA) is 51.2 Å². The standard InChI is InChI=1S/C14H22N2O2/c1-11(2)6-4-5-8-15-13-10-12(7-9-16-13)14(17)18-3/h7,9-11H,4-6,8H2,1-3H3,(H,15,16). The fraction of sp³-hybridized carbons (Fsp3) is 0.571. The normalized spacial score (nSPS) is 10.4. The molecule has 0 spiro atoms. The van der Waals surface area contributed by atoms with E-state index in [-0.39, 0.29) is 5.97 Å². The van der Waals surface area contributed by atoms with Gasteiger partial charge >= 0.3 is 5.97 Å². The minimum absolute atomic E-state index is 0.333. The van der Waals surface area contributed by atoms with Gasteiger partial charge in [-0.25, -0.2) is 9.78 Å². The van der Waals surface area contributed by atoms with E-state index in [0.29, 0.717) is 5.56 Å². The van der Waals surface area contributed by atoms with E-state index in [0.717, 1.165) is 24.7 Å².